The molecule has 2 heterocycles. The summed E-state index contributed by atoms with van der Waals surface area (Å²) in [7, 11) is 1.29. The van der Waals surface area contributed by atoms with Gasteiger partial charge in [-0.2, -0.15) is 9.78 Å². The summed E-state index contributed by atoms with van der Waals surface area (Å²) in [5, 5.41) is 4.07. The molecule has 1 amide bonds. The number of rotatable bonds is 3. The van der Waals surface area contributed by atoms with Crippen LogP contribution in [0.5, 0.6) is 0 Å². The largest absolute Gasteiger partial charge is 0.365 e. The number of aromatic nitrogens is 3. The molecule has 4 rings (SSSR count). The van der Waals surface area contributed by atoms with Crippen LogP contribution in [0.1, 0.15) is 23.0 Å². The predicted octanol–water partition coefficient (Wildman–Crippen LogP) is 1.73. The fraction of sp³-hybridized carbons (Fsp3) is 0.304. The molecule has 0 aliphatic carbocycles. The highest BCUT2D eigenvalue weighted by atomic mass is 19.1. The van der Waals surface area contributed by atoms with Gasteiger partial charge in [0, 0.05) is 38.4 Å². The summed E-state index contributed by atoms with van der Waals surface area (Å²) in [5.41, 5.74) is 0.696. The van der Waals surface area contributed by atoms with Crippen LogP contribution in [0, 0.1) is 12.7 Å². The molecular weight excluding hydrogens is 413 g/mol. The fourth-order valence-electron chi connectivity index (χ4n) is 3.94. The predicted molar refractivity (Wildman–Crippen MR) is 119 cm³/mol. The van der Waals surface area contributed by atoms with Crippen molar-refractivity contribution in [2.45, 2.75) is 19.9 Å². The number of hydrogen-bond donors (Lipinski definition) is 0. The molecule has 1 aliphatic rings. The van der Waals surface area contributed by atoms with Crippen molar-refractivity contribution in [3.63, 3.8) is 0 Å². The van der Waals surface area contributed by atoms with Gasteiger partial charge in [-0.1, -0.05) is 12.1 Å². The third kappa shape index (κ3) is 3.93. The van der Waals surface area contributed by atoms with Crippen LogP contribution >= 0.6 is 0 Å². The Kier molecular flexibility index (Phi) is 5.65. The highest BCUT2D eigenvalue weighted by molar-refractivity contribution is 5.92. The summed E-state index contributed by atoms with van der Waals surface area (Å²) >= 11 is 0. The molecule has 3 aromatic rings. The SMILES string of the molecule is Cc1cccc(N2CCN(C(=O)c3nn(-c4ccc(F)cc4)c(=O)n(C)c3=O)C[C@@H]2C)c1. The Hall–Kier alpha value is -3.75. The molecule has 1 aliphatic heterocycles. The molecule has 1 aromatic heterocycles. The van der Waals surface area contributed by atoms with E-state index in [1.54, 1.807) is 4.90 Å². The van der Waals surface area contributed by atoms with E-state index in [9.17, 15) is 18.8 Å². The number of halogens is 1. The van der Waals surface area contributed by atoms with Crippen LogP contribution in [-0.4, -0.2) is 50.8 Å². The van der Waals surface area contributed by atoms with Gasteiger partial charge >= 0.3 is 5.69 Å². The van der Waals surface area contributed by atoms with Crippen molar-refractivity contribution in [3.05, 3.63) is 86.4 Å². The number of anilines is 1. The number of hydrogen-bond acceptors (Lipinski definition) is 5. The van der Waals surface area contributed by atoms with Gasteiger partial charge in [0.2, 0.25) is 5.69 Å². The van der Waals surface area contributed by atoms with Crippen molar-refractivity contribution in [3.8, 4) is 5.69 Å². The van der Waals surface area contributed by atoms with E-state index in [2.05, 4.69) is 16.1 Å². The molecule has 2 aromatic carbocycles. The number of aryl methyl sites for hydroxylation is 1. The van der Waals surface area contributed by atoms with Crippen LogP contribution in [0.2, 0.25) is 0 Å². The molecule has 8 nitrogen and oxygen atoms in total. The highest BCUT2D eigenvalue weighted by Crippen LogP contribution is 2.22. The van der Waals surface area contributed by atoms with Crippen LogP contribution < -0.4 is 16.1 Å². The number of amides is 1. The van der Waals surface area contributed by atoms with Gasteiger partial charge in [0.25, 0.3) is 11.5 Å². The van der Waals surface area contributed by atoms with Gasteiger partial charge in [-0.15, -0.1) is 0 Å². The standard InChI is InChI=1S/C23H24FN5O3/c1-15-5-4-6-19(13-15)28-12-11-27(14-16(28)2)22(31)20-21(30)26(3)23(32)29(25-20)18-9-7-17(24)8-10-18/h4-10,13,16H,11-12,14H2,1-3H3/t16-/m0/s1. The van der Waals surface area contributed by atoms with Crippen LogP contribution in [0.15, 0.2) is 58.1 Å². The zero-order valence-corrected chi connectivity index (χ0v) is 18.2. The van der Waals surface area contributed by atoms with E-state index in [1.807, 2.05) is 32.0 Å². The molecule has 1 fully saturated rings. The first-order valence-corrected chi connectivity index (χ1v) is 10.3. The topological polar surface area (TPSA) is 80.4 Å². The summed E-state index contributed by atoms with van der Waals surface area (Å²) in [6.07, 6.45) is 0. The maximum atomic E-state index is 13.3. The minimum Gasteiger partial charge on any atom is -0.365 e. The third-order valence-corrected chi connectivity index (χ3v) is 5.70. The fourth-order valence-corrected chi connectivity index (χ4v) is 3.94. The molecule has 1 saturated heterocycles. The van der Waals surface area contributed by atoms with E-state index in [1.165, 1.54) is 31.3 Å². The Labute approximate surface area is 184 Å². The second kappa shape index (κ2) is 8.41. The molecular formula is C23H24FN5O3. The Balaban J connectivity index is 1.63. The zero-order chi connectivity index (χ0) is 23.0. The molecule has 1 atom stereocenters. The van der Waals surface area contributed by atoms with Gasteiger partial charge in [-0.25, -0.2) is 9.18 Å². The van der Waals surface area contributed by atoms with Crippen molar-refractivity contribution in [2.24, 2.45) is 7.05 Å². The monoisotopic (exact) mass is 437 g/mol. The Morgan fingerprint density at radius 3 is 2.44 bits per heavy atom. The minimum absolute atomic E-state index is 0.0290. The minimum atomic E-state index is -0.757. The molecule has 0 spiro atoms. The second-order valence-electron chi connectivity index (χ2n) is 8.02. The van der Waals surface area contributed by atoms with Crippen molar-refractivity contribution >= 4 is 11.6 Å². The van der Waals surface area contributed by atoms with Crippen molar-refractivity contribution in [1.82, 2.24) is 19.2 Å². The first-order valence-electron chi connectivity index (χ1n) is 10.3. The van der Waals surface area contributed by atoms with Crippen LogP contribution in [0.25, 0.3) is 5.69 Å². The summed E-state index contributed by atoms with van der Waals surface area (Å²) in [4.78, 5) is 42.3. The lowest BCUT2D eigenvalue weighted by Gasteiger charge is -2.41. The van der Waals surface area contributed by atoms with Crippen LogP contribution in [0.4, 0.5) is 10.1 Å². The van der Waals surface area contributed by atoms with Gasteiger partial charge in [0.15, 0.2) is 0 Å². The summed E-state index contributed by atoms with van der Waals surface area (Å²) in [6.45, 7) is 5.48. The number of carbonyl (C=O) groups excluding carboxylic acids is 1. The van der Waals surface area contributed by atoms with Gasteiger partial charge in [0.1, 0.15) is 5.82 Å². The van der Waals surface area contributed by atoms with Crippen molar-refractivity contribution in [2.75, 3.05) is 24.5 Å². The first-order chi connectivity index (χ1) is 15.3. The first kappa shape index (κ1) is 21.5. The number of nitrogens with zero attached hydrogens (tertiary/aromatic N) is 5. The average Bonchev–Trinajstić information content (AvgIpc) is 2.78. The summed E-state index contributed by atoms with van der Waals surface area (Å²) in [6, 6.07) is 13.3. The summed E-state index contributed by atoms with van der Waals surface area (Å²) in [5.74, 6) is -0.999. The number of benzene rings is 2. The maximum absolute atomic E-state index is 13.3. The Morgan fingerprint density at radius 2 is 1.78 bits per heavy atom. The Morgan fingerprint density at radius 1 is 1.06 bits per heavy atom. The van der Waals surface area contributed by atoms with Crippen molar-refractivity contribution in [1.29, 1.82) is 0 Å². The lowest BCUT2D eigenvalue weighted by Crippen LogP contribution is -2.55. The highest BCUT2D eigenvalue weighted by Gasteiger charge is 2.30. The quantitative estimate of drug-likeness (QED) is 0.624. The lowest BCUT2D eigenvalue weighted by atomic mass is 10.1. The maximum Gasteiger partial charge on any atom is 0.351 e. The van der Waals surface area contributed by atoms with Crippen LogP contribution in [-0.2, 0) is 7.05 Å². The zero-order valence-electron chi connectivity index (χ0n) is 18.2. The Bertz CT molecular complexity index is 1280. The lowest BCUT2D eigenvalue weighted by molar-refractivity contribution is 0.0715. The molecule has 32 heavy (non-hydrogen) atoms. The number of piperazine rings is 1. The summed E-state index contributed by atoms with van der Waals surface area (Å²) < 4.78 is 15.1. The van der Waals surface area contributed by atoms with Gasteiger partial charge in [-0.3, -0.25) is 14.2 Å². The van der Waals surface area contributed by atoms with E-state index >= 15 is 0 Å². The number of carbonyl (C=O) groups is 1. The van der Waals surface area contributed by atoms with E-state index in [4.69, 9.17) is 0 Å². The molecule has 0 saturated carbocycles. The normalized spacial score (nSPS) is 16.3. The van der Waals surface area contributed by atoms with Crippen LogP contribution in [0.3, 0.4) is 0 Å². The molecule has 0 radical (unpaired) electrons. The second-order valence-corrected chi connectivity index (χ2v) is 8.02. The molecule has 166 valence electrons. The van der Waals surface area contributed by atoms with Gasteiger partial charge in [0.05, 0.1) is 5.69 Å². The third-order valence-electron chi connectivity index (χ3n) is 5.70. The molecule has 0 bridgehead atoms. The van der Waals surface area contributed by atoms with Gasteiger partial charge in [-0.05, 0) is 55.8 Å². The van der Waals surface area contributed by atoms with Crippen molar-refractivity contribution < 1.29 is 9.18 Å². The van der Waals surface area contributed by atoms with E-state index < -0.39 is 23.0 Å². The molecule has 9 heteroatoms. The van der Waals surface area contributed by atoms with E-state index in [0.717, 1.165) is 20.5 Å². The van der Waals surface area contributed by atoms with E-state index in [0.29, 0.717) is 19.6 Å². The smallest absolute Gasteiger partial charge is 0.351 e. The molecule has 0 N–H and O–H groups in total. The molecule has 0 unspecified atom stereocenters. The average molecular weight is 437 g/mol. The van der Waals surface area contributed by atoms with Gasteiger partial charge < -0.3 is 9.80 Å². The van der Waals surface area contributed by atoms with E-state index in [-0.39, 0.29) is 17.4 Å².